The van der Waals surface area contributed by atoms with Crippen LogP contribution in [0.25, 0.3) is 0 Å². The fourth-order valence-electron chi connectivity index (χ4n) is 2.45. The summed E-state index contributed by atoms with van der Waals surface area (Å²) in [6.45, 7) is 2.62. The third kappa shape index (κ3) is 3.16. The number of benzene rings is 2. The first-order valence-electron chi connectivity index (χ1n) is 6.88. The van der Waals surface area contributed by atoms with Crippen LogP contribution in [-0.4, -0.2) is 19.8 Å². The maximum absolute atomic E-state index is 5.90. The van der Waals surface area contributed by atoms with Crippen molar-refractivity contribution in [2.75, 3.05) is 13.7 Å². The predicted molar refractivity (Wildman–Crippen MR) is 85.5 cm³/mol. The second-order valence-electron chi connectivity index (χ2n) is 5.16. The molecule has 0 saturated heterocycles. The largest absolute Gasteiger partial charge is 0.497 e. The van der Waals surface area contributed by atoms with Gasteiger partial charge >= 0.3 is 0 Å². The molecule has 2 aromatic rings. The van der Waals surface area contributed by atoms with Crippen LogP contribution in [0.15, 0.2) is 40.9 Å². The number of hydrogen-bond acceptors (Lipinski definition) is 3. The minimum absolute atomic E-state index is 0.0656. The van der Waals surface area contributed by atoms with E-state index in [0.29, 0.717) is 6.61 Å². The molecule has 3 rings (SSSR count). The van der Waals surface area contributed by atoms with Gasteiger partial charge in [0, 0.05) is 6.42 Å². The highest BCUT2D eigenvalue weighted by molar-refractivity contribution is 9.10. The fourth-order valence-corrected chi connectivity index (χ4v) is 2.92. The third-order valence-corrected chi connectivity index (χ3v) is 4.14. The normalized spacial score (nSPS) is 16.2. The number of hydrogen-bond donors (Lipinski definition) is 0. The van der Waals surface area contributed by atoms with E-state index < -0.39 is 0 Å². The Morgan fingerprint density at radius 2 is 2.10 bits per heavy atom. The van der Waals surface area contributed by atoms with E-state index in [1.807, 2.05) is 24.3 Å². The number of rotatable bonds is 4. The van der Waals surface area contributed by atoms with Crippen LogP contribution in [0, 0.1) is 6.92 Å². The summed E-state index contributed by atoms with van der Waals surface area (Å²) in [4.78, 5) is 0. The highest BCUT2D eigenvalue weighted by Gasteiger charge is 2.23. The van der Waals surface area contributed by atoms with E-state index in [1.165, 1.54) is 11.1 Å². The molecule has 21 heavy (non-hydrogen) atoms. The smallest absolute Gasteiger partial charge is 0.137 e. The van der Waals surface area contributed by atoms with Gasteiger partial charge in [0.05, 0.1) is 11.6 Å². The Balaban J connectivity index is 1.62. The number of ether oxygens (including phenoxy) is 3. The lowest BCUT2D eigenvalue weighted by molar-refractivity contribution is 0.148. The zero-order valence-corrected chi connectivity index (χ0v) is 13.6. The summed E-state index contributed by atoms with van der Waals surface area (Å²) in [5.74, 6) is 2.57. The zero-order valence-electron chi connectivity index (χ0n) is 12.1. The van der Waals surface area contributed by atoms with Crippen molar-refractivity contribution in [1.29, 1.82) is 0 Å². The maximum Gasteiger partial charge on any atom is 0.137 e. The third-order valence-electron chi connectivity index (χ3n) is 3.52. The monoisotopic (exact) mass is 348 g/mol. The molecule has 3 nitrogen and oxygen atoms in total. The van der Waals surface area contributed by atoms with E-state index in [-0.39, 0.29) is 6.10 Å². The van der Waals surface area contributed by atoms with E-state index in [1.54, 1.807) is 7.11 Å². The van der Waals surface area contributed by atoms with Crippen molar-refractivity contribution in [2.24, 2.45) is 0 Å². The second kappa shape index (κ2) is 5.98. The molecule has 110 valence electrons. The van der Waals surface area contributed by atoms with Crippen LogP contribution < -0.4 is 14.2 Å². The summed E-state index contributed by atoms with van der Waals surface area (Å²) in [5, 5.41) is 0. The van der Waals surface area contributed by atoms with Gasteiger partial charge in [0.1, 0.15) is 30.0 Å². The van der Waals surface area contributed by atoms with E-state index in [0.717, 1.165) is 28.1 Å². The van der Waals surface area contributed by atoms with Gasteiger partial charge in [-0.1, -0.05) is 17.7 Å². The molecule has 0 fully saturated rings. The summed E-state index contributed by atoms with van der Waals surface area (Å²) >= 11 is 3.49. The standard InChI is InChI=1S/C17H17BrO3/c1-11-3-5-16-12(7-11)8-14(21-16)10-20-17-6-4-13(19-2)9-15(17)18/h3-7,9,14H,8,10H2,1-2H3. The molecule has 1 aliphatic rings. The number of methoxy groups -OCH3 is 1. The average Bonchev–Trinajstić information content (AvgIpc) is 2.87. The van der Waals surface area contributed by atoms with Crippen molar-refractivity contribution in [3.63, 3.8) is 0 Å². The lowest BCUT2D eigenvalue weighted by Gasteiger charge is -2.14. The lowest BCUT2D eigenvalue weighted by atomic mass is 10.1. The van der Waals surface area contributed by atoms with Gasteiger partial charge in [-0.05, 0) is 52.7 Å². The van der Waals surface area contributed by atoms with E-state index >= 15 is 0 Å². The number of aryl methyl sites for hydroxylation is 1. The molecule has 0 aliphatic carbocycles. The summed E-state index contributed by atoms with van der Waals surface area (Å²) in [7, 11) is 1.65. The quantitative estimate of drug-likeness (QED) is 0.830. The molecule has 1 heterocycles. The molecule has 0 aromatic heterocycles. The molecule has 1 aliphatic heterocycles. The van der Waals surface area contributed by atoms with Crippen molar-refractivity contribution < 1.29 is 14.2 Å². The van der Waals surface area contributed by atoms with Crippen molar-refractivity contribution in [3.05, 3.63) is 52.0 Å². The Bertz CT molecular complexity index is 654. The molecule has 0 N–H and O–H groups in total. The highest BCUT2D eigenvalue weighted by Crippen LogP contribution is 2.32. The number of fused-ring (bicyclic) bond motifs is 1. The summed E-state index contributed by atoms with van der Waals surface area (Å²) in [6.07, 6.45) is 0.959. The van der Waals surface area contributed by atoms with Gasteiger partial charge in [-0.2, -0.15) is 0 Å². The van der Waals surface area contributed by atoms with Gasteiger partial charge in [0.25, 0.3) is 0 Å². The molecule has 0 saturated carbocycles. The molecular weight excluding hydrogens is 332 g/mol. The van der Waals surface area contributed by atoms with Crippen LogP contribution in [0.3, 0.4) is 0 Å². The van der Waals surface area contributed by atoms with Gasteiger partial charge < -0.3 is 14.2 Å². The van der Waals surface area contributed by atoms with E-state index in [9.17, 15) is 0 Å². The number of halogens is 1. The van der Waals surface area contributed by atoms with Gasteiger partial charge in [-0.3, -0.25) is 0 Å². The Morgan fingerprint density at radius 1 is 1.24 bits per heavy atom. The molecule has 0 radical (unpaired) electrons. The average molecular weight is 349 g/mol. The van der Waals surface area contributed by atoms with Crippen molar-refractivity contribution in [3.8, 4) is 17.2 Å². The molecule has 0 bridgehead atoms. The summed E-state index contributed by atoms with van der Waals surface area (Å²) in [6, 6.07) is 12.0. The maximum atomic E-state index is 5.90. The van der Waals surface area contributed by atoms with Crippen molar-refractivity contribution >= 4 is 15.9 Å². The first-order chi connectivity index (χ1) is 10.2. The van der Waals surface area contributed by atoms with Crippen LogP contribution in [0.2, 0.25) is 0 Å². The zero-order chi connectivity index (χ0) is 14.8. The van der Waals surface area contributed by atoms with Gasteiger partial charge in [-0.25, -0.2) is 0 Å². The molecule has 4 heteroatoms. The van der Waals surface area contributed by atoms with E-state index in [4.69, 9.17) is 14.2 Å². The summed E-state index contributed by atoms with van der Waals surface area (Å²) in [5.41, 5.74) is 2.52. The Kier molecular flexibility index (Phi) is 4.06. The minimum Gasteiger partial charge on any atom is -0.497 e. The van der Waals surface area contributed by atoms with Crippen LogP contribution >= 0.6 is 15.9 Å². The van der Waals surface area contributed by atoms with Crippen LogP contribution in [0.1, 0.15) is 11.1 Å². The second-order valence-corrected chi connectivity index (χ2v) is 6.02. The highest BCUT2D eigenvalue weighted by atomic mass is 79.9. The van der Waals surface area contributed by atoms with Crippen molar-refractivity contribution in [1.82, 2.24) is 0 Å². The fraction of sp³-hybridized carbons (Fsp3) is 0.294. The van der Waals surface area contributed by atoms with Gasteiger partial charge in [-0.15, -0.1) is 0 Å². The molecule has 0 spiro atoms. The first-order valence-corrected chi connectivity index (χ1v) is 7.67. The van der Waals surface area contributed by atoms with Gasteiger partial charge in [0.2, 0.25) is 0 Å². The van der Waals surface area contributed by atoms with Crippen LogP contribution in [0.5, 0.6) is 17.2 Å². The SMILES string of the molecule is COc1ccc(OCC2Cc3cc(C)ccc3O2)c(Br)c1. The first kappa shape index (κ1) is 14.3. The minimum atomic E-state index is 0.0656. The molecule has 1 unspecified atom stereocenters. The molecule has 1 atom stereocenters. The molecule has 0 amide bonds. The van der Waals surface area contributed by atoms with E-state index in [2.05, 4.69) is 35.0 Å². The molecule has 2 aromatic carbocycles. The Labute approximate surface area is 133 Å². The summed E-state index contributed by atoms with van der Waals surface area (Å²) < 4.78 is 17.8. The Hall–Kier alpha value is -1.68. The van der Waals surface area contributed by atoms with Crippen LogP contribution in [0.4, 0.5) is 0 Å². The topological polar surface area (TPSA) is 27.7 Å². The Morgan fingerprint density at radius 3 is 2.86 bits per heavy atom. The predicted octanol–water partition coefficient (Wildman–Crippen LogP) is 4.15. The van der Waals surface area contributed by atoms with Crippen molar-refractivity contribution in [2.45, 2.75) is 19.4 Å². The van der Waals surface area contributed by atoms with Gasteiger partial charge in [0.15, 0.2) is 0 Å². The van der Waals surface area contributed by atoms with Crippen LogP contribution in [-0.2, 0) is 6.42 Å². The lowest BCUT2D eigenvalue weighted by Crippen LogP contribution is -2.22. The molecular formula is C17H17BrO3.